The summed E-state index contributed by atoms with van der Waals surface area (Å²) in [6.45, 7) is 0.429. The van der Waals surface area contributed by atoms with Crippen LogP contribution in [0.1, 0.15) is 36.6 Å². The normalized spacial score (nSPS) is 13.1. The van der Waals surface area contributed by atoms with Gasteiger partial charge in [-0.3, -0.25) is 9.59 Å². The summed E-state index contributed by atoms with van der Waals surface area (Å²) in [5, 5.41) is 20.5. The van der Waals surface area contributed by atoms with E-state index in [1.165, 1.54) is 11.8 Å². The largest absolute Gasteiger partial charge is 0.370 e. The zero-order chi connectivity index (χ0) is 19.2. The number of primary amides is 1. The van der Waals surface area contributed by atoms with Gasteiger partial charge in [-0.15, -0.1) is 10.2 Å². The van der Waals surface area contributed by atoms with E-state index in [0.29, 0.717) is 29.7 Å². The molecule has 0 unspecified atom stereocenters. The van der Waals surface area contributed by atoms with Crippen molar-refractivity contribution in [1.82, 2.24) is 14.8 Å². The van der Waals surface area contributed by atoms with Gasteiger partial charge in [0.2, 0.25) is 11.8 Å². The summed E-state index contributed by atoms with van der Waals surface area (Å²) in [6.07, 6.45) is 2.70. The molecule has 140 valence electrons. The molecule has 1 aromatic carbocycles. The molecule has 1 aromatic heterocycles. The van der Waals surface area contributed by atoms with Gasteiger partial charge < -0.3 is 15.6 Å². The Morgan fingerprint density at radius 2 is 2.04 bits per heavy atom. The number of nitrogens with zero attached hydrogens (tertiary/aromatic N) is 4. The van der Waals surface area contributed by atoms with Crippen LogP contribution in [0.15, 0.2) is 29.4 Å². The molecule has 0 atom stereocenters. The van der Waals surface area contributed by atoms with E-state index in [-0.39, 0.29) is 24.0 Å². The molecule has 0 saturated heterocycles. The number of hydrogen-bond acceptors (Lipinski definition) is 6. The van der Waals surface area contributed by atoms with Gasteiger partial charge in [0.05, 0.1) is 18.2 Å². The molecule has 2 amide bonds. The summed E-state index contributed by atoms with van der Waals surface area (Å²) < 4.78 is 1.90. The number of carbonyl (C=O) groups excluding carboxylic acids is 2. The molecule has 9 heteroatoms. The molecule has 0 radical (unpaired) electrons. The fourth-order valence-corrected chi connectivity index (χ4v) is 3.38. The van der Waals surface area contributed by atoms with Crippen LogP contribution in [0.25, 0.3) is 0 Å². The summed E-state index contributed by atoms with van der Waals surface area (Å²) in [4.78, 5) is 23.3. The quantitative estimate of drug-likeness (QED) is 0.635. The van der Waals surface area contributed by atoms with E-state index in [1.54, 1.807) is 12.1 Å². The van der Waals surface area contributed by atoms with Gasteiger partial charge in [-0.2, -0.15) is 5.26 Å². The Balaban J connectivity index is 1.58. The van der Waals surface area contributed by atoms with Crippen molar-refractivity contribution in [3.63, 3.8) is 0 Å². The van der Waals surface area contributed by atoms with E-state index >= 15 is 0 Å². The molecule has 0 spiro atoms. The number of amides is 2. The molecule has 3 N–H and O–H groups in total. The lowest BCUT2D eigenvalue weighted by molar-refractivity contribution is -0.118. The van der Waals surface area contributed by atoms with E-state index < -0.39 is 0 Å². The molecule has 1 fully saturated rings. The smallest absolute Gasteiger partial charge is 0.234 e. The number of nitriles is 1. The lowest BCUT2D eigenvalue weighted by Crippen LogP contribution is -2.17. The van der Waals surface area contributed by atoms with Crippen molar-refractivity contribution >= 4 is 29.3 Å². The van der Waals surface area contributed by atoms with Gasteiger partial charge >= 0.3 is 0 Å². The van der Waals surface area contributed by atoms with E-state index in [2.05, 4.69) is 21.6 Å². The second kappa shape index (κ2) is 8.68. The van der Waals surface area contributed by atoms with Gasteiger partial charge in [0.15, 0.2) is 5.16 Å². The van der Waals surface area contributed by atoms with Crippen LogP contribution in [0.4, 0.5) is 5.69 Å². The summed E-state index contributed by atoms with van der Waals surface area (Å²) in [5.74, 6) is 0.899. The number of carbonyl (C=O) groups is 2. The highest BCUT2D eigenvalue weighted by Gasteiger charge is 2.30. The first-order valence-corrected chi connectivity index (χ1v) is 9.65. The molecule has 1 saturated carbocycles. The highest BCUT2D eigenvalue weighted by Crippen LogP contribution is 2.40. The molecule has 1 aliphatic carbocycles. The summed E-state index contributed by atoms with van der Waals surface area (Å²) in [6, 6.07) is 9.26. The van der Waals surface area contributed by atoms with Crippen LogP contribution in [-0.4, -0.2) is 32.3 Å². The Morgan fingerprint density at radius 1 is 1.30 bits per heavy atom. The van der Waals surface area contributed by atoms with Gasteiger partial charge in [0, 0.05) is 24.6 Å². The Bertz CT molecular complexity index is 867. The maximum Gasteiger partial charge on any atom is 0.234 e. The molecule has 1 heterocycles. The van der Waals surface area contributed by atoms with Crippen molar-refractivity contribution in [3.8, 4) is 6.07 Å². The van der Waals surface area contributed by atoms with Crippen molar-refractivity contribution in [1.29, 1.82) is 5.26 Å². The molecule has 27 heavy (non-hydrogen) atoms. The fraction of sp³-hybridized carbons (Fsp3) is 0.389. The molecular formula is C18H20N6O2S. The minimum atomic E-state index is -0.376. The summed E-state index contributed by atoms with van der Waals surface area (Å²) in [5.41, 5.74) is 6.84. The number of hydrogen-bond donors (Lipinski definition) is 2. The van der Waals surface area contributed by atoms with Crippen LogP contribution >= 0.6 is 11.8 Å². The number of aromatic nitrogens is 3. The Kier molecular flexibility index (Phi) is 6.08. The van der Waals surface area contributed by atoms with Crippen LogP contribution in [0.3, 0.4) is 0 Å². The van der Waals surface area contributed by atoms with E-state index in [0.717, 1.165) is 24.2 Å². The van der Waals surface area contributed by atoms with Gasteiger partial charge in [0.25, 0.3) is 0 Å². The second-order valence-corrected chi connectivity index (χ2v) is 7.29. The lowest BCUT2D eigenvalue weighted by atomic mass is 10.1. The first-order valence-electron chi connectivity index (χ1n) is 8.66. The number of rotatable bonds is 9. The summed E-state index contributed by atoms with van der Waals surface area (Å²) >= 11 is 1.29. The van der Waals surface area contributed by atoms with Crippen molar-refractivity contribution in [2.24, 2.45) is 5.73 Å². The van der Waals surface area contributed by atoms with E-state index in [1.807, 2.05) is 16.7 Å². The van der Waals surface area contributed by atoms with Crippen LogP contribution < -0.4 is 11.1 Å². The maximum absolute atomic E-state index is 12.2. The third kappa shape index (κ3) is 5.31. The number of nitrogens with one attached hydrogen (secondary N) is 1. The first kappa shape index (κ1) is 18.9. The zero-order valence-corrected chi connectivity index (χ0v) is 15.5. The molecule has 8 nitrogen and oxygen atoms in total. The average Bonchev–Trinajstić information content (AvgIpc) is 3.40. The van der Waals surface area contributed by atoms with E-state index in [4.69, 9.17) is 11.0 Å². The van der Waals surface area contributed by atoms with Crippen LogP contribution in [0.5, 0.6) is 0 Å². The predicted octanol–water partition coefficient (Wildman–Crippen LogP) is 1.83. The molecule has 1 aliphatic rings. The SMILES string of the molecule is N#CCc1ccc(NC(=O)CSc2nnc(C3CC3)n2CCC(N)=O)cc1. The Labute approximate surface area is 161 Å². The zero-order valence-electron chi connectivity index (χ0n) is 14.7. The molecule has 2 aromatic rings. The minimum absolute atomic E-state index is 0.162. The molecular weight excluding hydrogens is 364 g/mol. The number of nitrogens with two attached hydrogens (primary N) is 1. The van der Waals surface area contributed by atoms with Gasteiger partial charge in [-0.25, -0.2) is 0 Å². The minimum Gasteiger partial charge on any atom is -0.370 e. The monoisotopic (exact) mass is 384 g/mol. The highest BCUT2D eigenvalue weighted by atomic mass is 32.2. The van der Waals surface area contributed by atoms with Gasteiger partial charge in [-0.05, 0) is 30.5 Å². The lowest BCUT2D eigenvalue weighted by Gasteiger charge is -2.09. The van der Waals surface area contributed by atoms with Gasteiger partial charge in [0.1, 0.15) is 5.82 Å². The predicted molar refractivity (Wildman–Crippen MR) is 101 cm³/mol. The highest BCUT2D eigenvalue weighted by molar-refractivity contribution is 7.99. The Hall–Kier alpha value is -2.86. The van der Waals surface area contributed by atoms with Crippen molar-refractivity contribution in [3.05, 3.63) is 35.7 Å². The number of benzene rings is 1. The average molecular weight is 384 g/mol. The number of anilines is 1. The standard InChI is InChI=1S/C18H20N6O2S/c19-9-7-12-1-5-14(6-2-12)21-16(26)11-27-18-23-22-17(13-3-4-13)24(18)10-8-15(20)25/h1-2,5-6,13H,3-4,7-8,10-11H2,(H2,20,25)(H,21,26). The topological polar surface area (TPSA) is 127 Å². The van der Waals surface area contributed by atoms with Crippen LogP contribution in [0, 0.1) is 11.3 Å². The maximum atomic E-state index is 12.2. The number of thioether (sulfide) groups is 1. The van der Waals surface area contributed by atoms with Crippen molar-refractivity contribution in [2.75, 3.05) is 11.1 Å². The second-order valence-electron chi connectivity index (χ2n) is 6.35. The van der Waals surface area contributed by atoms with Crippen LogP contribution in [0.2, 0.25) is 0 Å². The van der Waals surface area contributed by atoms with Crippen molar-refractivity contribution < 1.29 is 9.59 Å². The third-order valence-corrected chi connectivity index (χ3v) is 5.09. The summed E-state index contributed by atoms with van der Waals surface area (Å²) in [7, 11) is 0. The molecule has 0 aliphatic heterocycles. The molecule has 3 rings (SSSR count). The van der Waals surface area contributed by atoms with Crippen LogP contribution in [-0.2, 0) is 22.6 Å². The first-order chi connectivity index (χ1) is 13.1. The Morgan fingerprint density at radius 3 is 2.67 bits per heavy atom. The van der Waals surface area contributed by atoms with Crippen molar-refractivity contribution in [2.45, 2.75) is 43.3 Å². The van der Waals surface area contributed by atoms with Gasteiger partial charge in [-0.1, -0.05) is 23.9 Å². The fourth-order valence-electron chi connectivity index (χ4n) is 2.61. The van der Waals surface area contributed by atoms with E-state index in [9.17, 15) is 9.59 Å². The third-order valence-electron chi connectivity index (χ3n) is 4.12. The molecule has 0 bridgehead atoms.